The third-order valence-corrected chi connectivity index (χ3v) is 2.90. The Balaban J connectivity index is 2.20. The fourth-order valence-corrected chi connectivity index (χ4v) is 1.99. The molecule has 0 aliphatic carbocycles. The van der Waals surface area contributed by atoms with Crippen LogP contribution in [0.25, 0.3) is 0 Å². The summed E-state index contributed by atoms with van der Waals surface area (Å²) in [4.78, 5) is 20.1. The van der Waals surface area contributed by atoms with Crippen LogP contribution >= 0.6 is 0 Å². The molecule has 116 valence electrons. The highest BCUT2D eigenvalue weighted by molar-refractivity contribution is 5.94. The molecule has 1 aromatic heterocycles. The largest absolute Gasteiger partial charge is 0.365 e. The van der Waals surface area contributed by atoms with Crippen LogP contribution in [0.5, 0.6) is 0 Å². The number of rotatable bonds is 4. The highest BCUT2D eigenvalue weighted by Crippen LogP contribution is 2.18. The number of benzene rings is 1. The van der Waals surface area contributed by atoms with Gasteiger partial charge in [0.2, 0.25) is 5.95 Å². The van der Waals surface area contributed by atoms with E-state index >= 15 is 0 Å². The number of aryl methyl sites for hydroxylation is 1. The molecule has 0 saturated carbocycles. The van der Waals surface area contributed by atoms with Gasteiger partial charge >= 0.3 is 0 Å². The van der Waals surface area contributed by atoms with E-state index in [1.165, 1.54) is 0 Å². The van der Waals surface area contributed by atoms with E-state index in [1.807, 2.05) is 25.1 Å². The van der Waals surface area contributed by atoms with Crippen LogP contribution in [0.3, 0.4) is 0 Å². The second-order valence-electron chi connectivity index (χ2n) is 6.35. The molecule has 0 radical (unpaired) electrons. The maximum atomic E-state index is 11.3. The standard InChI is InChI=1S/C17H22N4O/c1-11-10-15(21-17(3,4)5)20-16(18-11)19-14-8-6-13(7-9-14)12(2)22/h6-10H,1-5H3,(H2,18,19,20,21). The van der Waals surface area contributed by atoms with Crippen LogP contribution in [0, 0.1) is 6.92 Å². The average Bonchev–Trinajstić information content (AvgIpc) is 2.36. The van der Waals surface area contributed by atoms with Crippen molar-refractivity contribution in [2.45, 2.75) is 40.2 Å². The van der Waals surface area contributed by atoms with Crippen LogP contribution in [-0.2, 0) is 0 Å². The Morgan fingerprint density at radius 2 is 1.73 bits per heavy atom. The summed E-state index contributed by atoms with van der Waals surface area (Å²) in [6, 6.07) is 9.18. The average molecular weight is 298 g/mol. The van der Waals surface area contributed by atoms with Gasteiger partial charge in [0.05, 0.1) is 0 Å². The summed E-state index contributed by atoms with van der Waals surface area (Å²) in [6.45, 7) is 9.73. The summed E-state index contributed by atoms with van der Waals surface area (Å²) in [5.74, 6) is 1.36. The number of Topliss-reactive ketones (excluding diaryl/α,β-unsaturated/α-hetero) is 1. The lowest BCUT2D eigenvalue weighted by molar-refractivity contribution is 0.101. The second-order valence-corrected chi connectivity index (χ2v) is 6.35. The van der Waals surface area contributed by atoms with E-state index in [9.17, 15) is 4.79 Å². The van der Waals surface area contributed by atoms with E-state index in [-0.39, 0.29) is 11.3 Å². The molecule has 0 aliphatic rings. The Morgan fingerprint density at radius 3 is 2.27 bits per heavy atom. The number of aromatic nitrogens is 2. The number of nitrogens with zero attached hydrogens (tertiary/aromatic N) is 2. The number of hydrogen-bond acceptors (Lipinski definition) is 5. The Bertz CT molecular complexity index is 672. The van der Waals surface area contributed by atoms with Gasteiger partial charge in [0.15, 0.2) is 5.78 Å². The molecule has 0 amide bonds. The third-order valence-electron chi connectivity index (χ3n) is 2.90. The Kier molecular flexibility index (Phi) is 4.45. The number of nitrogens with one attached hydrogen (secondary N) is 2. The van der Waals surface area contributed by atoms with Gasteiger partial charge in [-0.1, -0.05) is 0 Å². The molecule has 0 bridgehead atoms. The molecule has 0 fully saturated rings. The van der Waals surface area contributed by atoms with Gasteiger partial charge in [0.25, 0.3) is 0 Å². The van der Waals surface area contributed by atoms with Gasteiger partial charge in [0.1, 0.15) is 5.82 Å². The van der Waals surface area contributed by atoms with Crippen LogP contribution in [0.4, 0.5) is 17.5 Å². The van der Waals surface area contributed by atoms with Crippen LogP contribution in [-0.4, -0.2) is 21.3 Å². The van der Waals surface area contributed by atoms with Gasteiger partial charge in [-0.15, -0.1) is 0 Å². The van der Waals surface area contributed by atoms with Crippen LogP contribution in [0.15, 0.2) is 30.3 Å². The van der Waals surface area contributed by atoms with Crippen LogP contribution in [0.1, 0.15) is 43.7 Å². The minimum absolute atomic E-state index is 0.0509. The minimum atomic E-state index is -0.0683. The monoisotopic (exact) mass is 298 g/mol. The second kappa shape index (κ2) is 6.13. The zero-order chi connectivity index (χ0) is 16.3. The minimum Gasteiger partial charge on any atom is -0.365 e. The number of carbonyl (C=O) groups is 1. The highest BCUT2D eigenvalue weighted by atomic mass is 16.1. The van der Waals surface area contributed by atoms with Crippen molar-refractivity contribution in [3.63, 3.8) is 0 Å². The van der Waals surface area contributed by atoms with Gasteiger partial charge in [-0.3, -0.25) is 4.79 Å². The predicted molar refractivity (Wildman–Crippen MR) is 89.9 cm³/mol. The number of hydrogen-bond donors (Lipinski definition) is 2. The van der Waals surface area contributed by atoms with E-state index in [2.05, 4.69) is 41.4 Å². The van der Waals surface area contributed by atoms with Crippen molar-refractivity contribution in [1.29, 1.82) is 0 Å². The Morgan fingerprint density at radius 1 is 1.09 bits per heavy atom. The van der Waals surface area contributed by atoms with Crippen molar-refractivity contribution in [3.8, 4) is 0 Å². The molecule has 0 atom stereocenters. The third kappa shape index (κ3) is 4.55. The highest BCUT2D eigenvalue weighted by Gasteiger charge is 2.11. The van der Waals surface area contributed by atoms with Crippen LogP contribution < -0.4 is 10.6 Å². The van der Waals surface area contributed by atoms with Crippen molar-refractivity contribution in [2.24, 2.45) is 0 Å². The molecule has 22 heavy (non-hydrogen) atoms. The van der Waals surface area contributed by atoms with Gasteiger partial charge in [-0.05, 0) is 58.9 Å². The van der Waals surface area contributed by atoms with Gasteiger partial charge < -0.3 is 10.6 Å². The summed E-state index contributed by atoms with van der Waals surface area (Å²) < 4.78 is 0. The predicted octanol–water partition coefficient (Wildman–Crippen LogP) is 3.94. The van der Waals surface area contributed by atoms with E-state index in [4.69, 9.17) is 0 Å². The maximum Gasteiger partial charge on any atom is 0.229 e. The number of anilines is 3. The molecule has 2 aromatic rings. The maximum absolute atomic E-state index is 11.3. The Labute approximate surface area is 131 Å². The van der Waals surface area contributed by atoms with Crippen molar-refractivity contribution in [1.82, 2.24) is 9.97 Å². The summed E-state index contributed by atoms with van der Waals surface area (Å²) in [6.07, 6.45) is 0. The fraction of sp³-hybridized carbons (Fsp3) is 0.353. The Hall–Kier alpha value is -2.43. The molecule has 5 nitrogen and oxygen atoms in total. The molecule has 1 heterocycles. The lowest BCUT2D eigenvalue weighted by Crippen LogP contribution is -2.27. The van der Waals surface area contributed by atoms with E-state index < -0.39 is 0 Å². The number of ketones is 1. The van der Waals surface area contributed by atoms with Crippen molar-refractivity contribution in [2.75, 3.05) is 10.6 Å². The van der Waals surface area contributed by atoms with Gasteiger partial charge in [0, 0.05) is 28.6 Å². The molecular weight excluding hydrogens is 276 g/mol. The summed E-state index contributed by atoms with van der Waals surface area (Å²) in [5, 5.41) is 6.50. The van der Waals surface area contributed by atoms with Gasteiger partial charge in [-0.2, -0.15) is 4.98 Å². The molecular formula is C17H22N4O. The molecule has 2 N–H and O–H groups in total. The summed E-state index contributed by atoms with van der Waals surface area (Å²) in [7, 11) is 0. The van der Waals surface area contributed by atoms with E-state index in [0.717, 1.165) is 17.2 Å². The SMILES string of the molecule is CC(=O)c1ccc(Nc2nc(C)cc(NC(C)(C)C)n2)cc1. The van der Waals surface area contributed by atoms with Crippen molar-refractivity contribution < 1.29 is 4.79 Å². The summed E-state index contributed by atoms with van der Waals surface area (Å²) in [5.41, 5.74) is 2.34. The first-order chi connectivity index (χ1) is 10.2. The normalized spacial score (nSPS) is 11.1. The fourth-order valence-electron chi connectivity index (χ4n) is 1.99. The quantitative estimate of drug-likeness (QED) is 0.837. The molecule has 2 rings (SSSR count). The van der Waals surface area contributed by atoms with Crippen molar-refractivity contribution >= 4 is 23.2 Å². The molecule has 0 unspecified atom stereocenters. The first-order valence-corrected chi connectivity index (χ1v) is 7.25. The molecule has 0 spiro atoms. The topological polar surface area (TPSA) is 66.9 Å². The molecule has 1 aromatic carbocycles. The van der Waals surface area contributed by atoms with E-state index in [0.29, 0.717) is 11.5 Å². The van der Waals surface area contributed by atoms with Crippen LogP contribution in [0.2, 0.25) is 0 Å². The number of carbonyl (C=O) groups excluding carboxylic acids is 1. The van der Waals surface area contributed by atoms with Gasteiger partial charge in [-0.25, -0.2) is 4.98 Å². The molecule has 0 aliphatic heterocycles. The summed E-state index contributed by atoms with van der Waals surface area (Å²) >= 11 is 0. The first kappa shape index (κ1) is 15.9. The lowest BCUT2D eigenvalue weighted by Gasteiger charge is -2.21. The zero-order valence-corrected chi connectivity index (χ0v) is 13.7. The molecule has 5 heteroatoms. The van der Waals surface area contributed by atoms with Crippen molar-refractivity contribution in [3.05, 3.63) is 41.6 Å². The van der Waals surface area contributed by atoms with E-state index in [1.54, 1.807) is 19.1 Å². The smallest absolute Gasteiger partial charge is 0.229 e. The zero-order valence-electron chi connectivity index (χ0n) is 13.7. The lowest BCUT2D eigenvalue weighted by atomic mass is 10.1. The molecule has 0 saturated heterocycles. The first-order valence-electron chi connectivity index (χ1n) is 7.25.